The molecule has 0 saturated heterocycles. The van der Waals surface area contributed by atoms with Crippen LogP contribution in [0.1, 0.15) is 25.5 Å². The molecule has 2 rings (SSSR count). The van der Waals surface area contributed by atoms with E-state index in [1.165, 1.54) is 10.5 Å². The summed E-state index contributed by atoms with van der Waals surface area (Å²) in [4.78, 5) is 6.79. The lowest BCUT2D eigenvalue weighted by Crippen LogP contribution is -2.24. The summed E-state index contributed by atoms with van der Waals surface area (Å²) in [6.07, 6.45) is 0.229. The van der Waals surface area contributed by atoms with E-state index in [4.69, 9.17) is 4.84 Å². The number of hydroxylamine groups is 1. The van der Waals surface area contributed by atoms with Gasteiger partial charge in [-0.05, 0) is 25.5 Å². The first kappa shape index (κ1) is 10.0. The Morgan fingerprint density at radius 3 is 3.00 bits per heavy atom. The molecule has 3 heteroatoms. The summed E-state index contributed by atoms with van der Waals surface area (Å²) in [6, 6.07) is 8.83. The highest BCUT2D eigenvalue weighted by molar-refractivity contribution is 7.99. The molecule has 1 aromatic rings. The molecule has 1 heterocycles. The number of nitrogens with one attached hydrogen (secondary N) is 1. The van der Waals surface area contributed by atoms with Gasteiger partial charge in [-0.1, -0.05) is 18.2 Å². The van der Waals surface area contributed by atoms with Crippen LogP contribution >= 0.6 is 11.8 Å². The van der Waals surface area contributed by atoms with E-state index < -0.39 is 0 Å². The van der Waals surface area contributed by atoms with Gasteiger partial charge in [-0.25, -0.2) is 0 Å². The quantitative estimate of drug-likeness (QED) is 0.773. The zero-order valence-corrected chi connectivity index (χ0v) is 9.30. The van der Waals surface area contributed by atoms with E-state index >= 15 is 0 Å². The van der Waals surface area contributed by atoms with E-state index in [0.717, 1.165) is 5.75 Å². The van der Waals surface area contributed by atoms with Crippen LogP contribution in [0.5, 0.6) is 0 Å². The third kappa shape index (κ3) is 2.11. The lowest BCUT2D eigenvalue weighted by Gasteiger charge is -2.15. The van der Waals surface area contributed by atoms with Crippen molar-refractivity contribution in [2.24, 2.45) is 0 Å². The van der Waals surface area contributed by atoms with E-state index in [1.807, 2.05) is 25.6 Å². The van der Waals surface area contributed by atoms with Crippen LogP contribution in [0.3, 0.4) is 0 Å². The van der Waals surface area contributed by atoms with Crippen molar-refractivity contribution in [3.05, 3.63) is 29.8 Å². The molecule has 1 aliphatic rings. The van der Waals surface area contributed by atoms with Gasteiger partial charge in [0.1, 0.15) is 0 Å². The van der Waals surface area contributed by atoms with Gasteiger partial charge in [0.2, 0.25) is 0 Å². The predicted molar refractivity (Wildman–Crippen MR) is 59.3 cm³/mol. The maximum absolute atomic E-state index is 5.42. The molecule has 0 spiro atoms. The van der Waals surface area contributed by atoms with Gasteiger partial charge in [0.25, 0.3) is 0 Å². The van der Waals surface area contributed by atoms with Gasteiger partial charge in [0.05, 0.1) is 12.1 Å². The van der Waals surface area contributed by atoms with Crippen LogP contribution < -0.4 is 5.48 Å². The molecule has 0 aliphatic carbocycles. The third-order valence-electron chi connectivity index (χ3n) is 2.15. The van der Waals surface area contributed by atoms with Crippen LogP contribution in [0.15, 0.2) is 29.2 Å². The van der Waals surface area contributed by atoms with Crippen molar-refractivity contribution in [2.75, 3.05) is 5.75 Å². The lowest BCUT2D eigenvalue weighted by molar-refractivity contribution is -0.0220. The molecule has 14 heavy (non-hydrogen) atoms. The first-order valence-corrected chi connectivity index (χ1v) is 5.89. The second-order valence-electron chi connectivity index (χ2n) is 3.69. The van der Waals surface area contributed by atoms with Gasteiger partial charge in [-0.2, -0.15) is 5.48 Å². The molecule has 0 fully saturated rings. The van der Waals surface area contributed by atoms with E-state index in [0.29, 0.717) is 6.04 Å². The van der Waals surface area contributed by atoms with Gasteiger partial charge < -0.3 is 0 Å². The Kier molecular flexibility index (Phi) is 3.11. The van der Waals surface area contributed by atoms with E-state index in [-0.39, 0.29) is 6.10 Å². The van der Waals surface area contributed by atoms with Gasteiger partial charge in [0.15, 0.2) is 0 Å². The van der Waals surface area contributed by atoms with Crippen molar-refractivity contribution in [2.45, 2.75) is 30.9 Å². The molecule has 1 aliphatic heterocycles. The molecule has 0 amide bonds. The number of benzene rings is 1. The smallest absolute Gasteiger partial charge is 0.0734 e. The Labute approximate surface area is 89.0 Å². The maximum Gasteiger partial charge on any atom is 0.0734 e. The van der Waals surface area contributed by atoms with Crippen molar-refractivity contribution in [3.8, 4) is 0 Å². The van der Waals surface area contributed by atoms with E-state index in [9.17, 15) is 0 Å². The largest absolute Gasteiger partial charge is 0.298 e. The monoisotopic (exact) mass is 209 g/mol. The minimum absolute atomic E-state index is 0.229. The van der Waals surface area contributed by atoms with Crippen LogP contribution in [0.2, 0.25) is 0 Å². The minimum Gasteiger partial charge on any atom is -0.298 e. The summed E-state index contributed by atoms with van der Waals surface area (Å²) in [5.74, 6) is 1.06. The van der Waals surface area contributed by atoms with Crippen molar-refractivity contribution in [3.63, 3.8) is 0 Å². The Bertz CT molecular complexity index is 314. The molecule has 2 nitrogen and oxygen atoms in total. The van der Waals surface area contributed by atoms with Gasteiger partial charge in [-0.15, -0.1) is 11.8 Å². The predicted octanol–water partition coefficient (Wildman–Crippen LogP) is 2.76. The Balaban J connectivity index is 2.03. The molecule has 1 atom stereocenters. The van der Waals surface area contributed by atoms with Crippen LogP contribution in [-0.4, -0.2) is 11.9 Å². The first-order valence-electron chi connectivity index (χ1n) is 4.90. The Morgan fingerprint density at radius 1 is 1.43 bits per heavy atom. The summed E-state index contributed by atoms with van der Waals surface area (Å²) in [5.41, 5.74) is 4.48. The van der Waals surface area contributed by atoms with Crippen LogP contribution in [0, 0.1) is 0 Å². The van der Waals surface area contributed by atoms with Gasteiger partial charge in [-0.3, -0.25) is 4.84 Å². The zero-order valence-electron chi connectivity index (χ0n) is 8.49. The Morgan fingerprint density at radius 2 is 2.21 bits per heavy atom. The molecular weight excluding hydrogens is 194 g/mol. The van der Waals surface area contributed by atoms with Gasteiger partial charge in [0, 0.05) is 10.6 Å². The standard InChI is InChI=1S/C11H15NOS/c1-8(2)13-12-10-7-14-11-6-4-3-5-9(10)11/h3-6,8,10,12H,7H2,1-2H3. The zero-order chi connectivity index (χ0) is 9.97. The molecule has 0 saturated carbocycles. The van der Waals surface area contributed by atoms with Crippen LogP contribution in [0.25, 0.3) is 0 Å². The molecule has 76 valence electrons. The van der Waals surface area contributed by atoms with Crippen LogP contribution in [0.4, 0.5) is 0 Å². The first-order chi connectivity index (χ1) is 6.77. The van der Waals surface area contributed by atoms with Crippen molar-refractivity contribution >= 4 is 11.8 Å². The lowest BCUT2D eigenvalue weighted by atomic mass is 10.1. The average Bonchev–Trinajstić information content (AvgIpc) is 2.58. The minimum atomic E-state index is 0.229. The summed E-state index contributed by atoms with van der Waals surface area (Å²) in [7, 11) is 0. The van der Waals surface area contributed by atoms with E-state index in [2.05, 4.69) is 29.7 Å². The fourth-order valence-corrected chi connectivity index (χ4v) is 2.62. The van der Waals surface area contributed by atoms with Crippen LogP contribution in [-0.2, 0) is 4.84 Å². The summed E-state index contributed by atoms with van der Waals surface area (Å²) >= 11 is 1.89. The molecule has 1 unspecified atom stereocenters. The van der Waals surface area contributed by atoms with Crippen molar-refractivity contribution in [1.29, 1.82) is 0 Å². The second-order valence-corrected chi connectivity index (χ2v) is 4.75. The van der Waals surface area contributed by atoms with Crippen molar-refractivity contribution < 1.29 is 4.84 Å². The fourth-order valence-electron chi connectivity index (χ4n) is 1.48. The number of fused-ring (bicyclic) bond motifs is 1. The molecule has 1 N–H and O–H groups in total. The topological polar surface area (TPSA) is 21.3 Å². The highest BCUT2D eigenvalue weighted by Crippen LogP contribution is 2.37. The summed E-state index contributed by atoms with van der Waals surface area (Å²) < 4.78 is 0. The SMILES string of the molecule is CC(C)ONC1CSc2ccccc21. The number of thioether (sulfide) groups is 1. The molecule has 0 bridgehead atoms. The highest BCUT2D eigenvalue weighted by atomic mass is 32.2. The average molecular weight is 209 g/mol. The normalized spacial score (nSPS) is 20.1. The summed E-state index contributed by atoms with van der Waals surface area (Å²) in [5, 5.41) is 0. The third-order valence-corrected chi connectivity index (χ3v) is 3.33. The molecule has 1 aromatic carbocycles. The Hall–Kier alpha value is -0.510. The second kappa shape index (κ2) is 4.34. The number of hydrogen-bond donors (Lipinski definition) is 1. The van der Waals surface area contributed by atoms with Crippen molar-refractivity contribution in [1.82, 2.24) is 5.48 Å². The molecule has 0 aromatic heterocycles. The van der Waals surface area contributed by atoms with Gasteiger partial charge >= 0.3 is 0 Å². The molecule has 0 radical (unpaired) electrons. The molecular formula is C11H15NOS. The maximum atomic E-state index is 5.42. The summed E-state index contributed by atoms with van der Waals surface area (Å²) in [6.45, 7) is 4.06. The fraction of sp³-hybridized carbons (Fsp3) is 0.455. The highest BCUT2D eigenvalue weighted by Gasteiger charge is 2.22. The van der Waals surface area contributed by atoms with E-state index in [1.54, 1.807) is 0 Å². The number of hydrogen-bond acceptors (Lipinski definition) is 3. The number of rotatable bonds is 3.